The Hall–Kier alpha value is -1.69. The van der Waals surface area contributed by atoms with Crippen molar-refractivity contribution in [2.75, 3.05) is 18.1 Å². The lowest BCUT2D eigenvalue weighted by Crippen LogP contribution is -2.38. The number of ether oxygens (including phenoxy) is 1. The van der Waals surface area contributed by atoms with Crippen molar-refractivity contribution in [1.82, 2.24) is 5.32 Å². The van der Waals surface area contributed by atoms with Gasteiger partial charge in [0.2, 0.25) is 0 Å². The Morgan fingerprint density at radius 2 is 2.10 bits per heavy atom. The number of aliphatic carboxylic acids is 1. The standard InChI is InChI=1S/C15H19NO4S/c1-9-5-11-7-13(20-12(11)6-10(9)2)15(19)16-3-4-21-8-14(17)18/h5-6,13H,3-4,7-8H2,1-2H3,(H,16,19)(H,17,18). The molecule has 1 aliphatic heterocycles. The van der Waals surface area contributed by atoms with Crippen LogP contribution in [0.5, 0.6) is 5.75 Å². The second-order valence-corrected chi connectivity index (χ2v) is 6.20. The maximum atomic E-state index is 12.0. The van der Waals surface area contributed by atoms with Gasteiger partial charge in [0.15, 0.2) is 6.10 Å². The first-order chi connectivity index (χ1) is 9.97. The maximum Gasteiger partial charge on any atom is 0.313 e. The van der Waals surface area contributed by atoms with Crippen LogP contribution >= 0.6 is 11.8 Å². The molecule has 1 atom stereocenters. The fraction of sp³-hybridized carbons (Fsp3) is 0.467. The van der Waals surface area contributed by atoms with E-state index in [1.165, 1.54) is 17.3 Å². The number of amides is 1. The van der Waals surface area contributed by atoms with Gasteiger partial charge in [0, 0.05) is 18.7 Å². The molecule has 1 aliphatic rings. The molecule has 2 N–H and O–H groups in total. The Morgan fingerprint density at radius 1 is 1.38 bits per heavy atom. The summed E-state index contributed by atoms with van der Waals surface area (Å²) in [5, 5.41) is 11.3. The number of aryl methyl sites for hydroxylation is 2. The first kappa shape index (κ1) is 15.7. The van der Waals surface area contributed by atoms with E-state index in [9.17, 15) is 9.59 Å². The second-order valence-electron chi connectivity index (χ2n) is 5.09. The molecular formula is C15H19NO4S. The van der Waals surface area contributed by atoms with Crippen LogP contribution in [0.15, 0.2) is 12.1 Å². The van der Waals surface area contributed by atoms with Crippen molar-refractivity contribution in [1.29, 1.82) is 0 Å². The second kappa shape index (κ2) is 6.85. The van der Waals surface area contributed by atoms with Crippen LogP contribution in [-0.4, -0.2) is 41.1 Å². The number of benzene rings is 1. The zero-order chi connectivity index (χ0) is 15.4. The topological polar surface area (TPSA) is 75.6 Å². The van der Waals surface area contributed by atoms with E-state index in [0.717, 1.165) is 16.9 Å². The fourth-order valence-electron chi connectivity index (χ4n) is 2.18. The van der Waals surface area contributed by atoms with Gasteiger partial charge < -0.3 is 15.2 Å². The van der Waals surface area contributed by atoms with Gasteiger partial charge >= 0.3 is 5.97 Å². The van der Waals surface area contributed by atoms with E-state index in [-0.39, 0.29) is 11.7 Å². The summed E-state index contributed by atoms with van der Waals surface area (Å²) < 4.78 is 5.69. The number of carbonyl (C=O) groups is 2. The van der Waals surface area contributed by atoms with E-state index in [0.29, 0.717) is 18.7 Å². The Morgan fingerprint density at radius 3 is 2.81 bits per heavy atom. The lowest BCUT2D eigenvalue weighted by molar-refractivity contribution is -0.134. The number of carboxylic acid groups (broad SMARTS) is 1. The van der Waals surface area contributed by atoms with E-state index >= 15 is 0 Å². The number of nitrogens with one attached hydrogen (secondary N) is 1. The van der Waals surface area contributed by atoms with Gasteiger partial charge in [0.1, 0.15) is 5.75 Å². The zero-order valence-electron chi connectivity index (χ0n) is 12.1. The maximum absolute atomic E-state index is 12.0. The quantitative estimate of drug-likeness (QED) is 0.780. The van der Waals surface area contributed by atoms with Crippen molar-refractivity contribution in [3.63, 3.8) is 0 Å². The highest BCUT2D eigenvalue weighted by Gasteiger charge is 2.29. The largest absolute Gasteiger partial charge is 0.481 e. The summed E-state index contributed by atoms with van der Waals surface area (Å²) in [6.45, 7) is 4.51. The molecule has 0 bridgehead atoms. The number of carboxylic acids is 1. The molecule has 2 rings (SSSR count). The van der Waals surface area contributed by atoms with Crippen LogP contribution in [-0.2, 0) is 16.0 Å². The molecule has 0 saturated carbocycles. The molecule has 0 saturated heterocycles. The third-order valence-corrected chi connectivity index (χ3v) is 4.36. The van der Waals surface area contributed by atoms with Gasteiger partial charge in [-0.15, -0.1) is 11.8 Å². The van der Waals surface area contributed by atoms with E-state index < -0.39 is 12.1 Å². The minimum Gasteiger partial charge on any atom is -0.481 e. The molecule has 0 aliphatic carbocycles. The van der Waals surface area contributed by atoms with Gasteiger partial charge in [-0.05, 0) is 36.6 Å². The minimum absolute atomic E-state index is 0.0554. The van der Waals surface area contributed by atoms with Crippen LogP contribution in [0.2, 0.25) is 0 Å². The van der Waals surface area contributed by atoms with Crippen LogP contribution in [0.25, 0.3) is 0 Å². The van der Waals surface area contributed by atoms with E-state index in [1.54, 1.807) is 0 Å². The molecule has 0 aromatic heterocycles. The Bertz CT molecular complexity index is 528. The SMILES string of the molecule is Cc1cc2c(cc1C)OC(C(=O)NCCSCC(=O)O)C2. The summed E-state index contributed by atoms with van der Waals surface area (Å²) in [6, 6.07) is 4.04. The van der Waals surface area contributed by atoms with E-state index in [1.807, 2.05) is 19.9 Å². The average molecular weight is 309 g/mol. The predicted molar refractivity (Wildman–Crippen MR) is 82.0 cm³/mol. The van der Waals surface area contributed by atoms with Crippen molar-refractivity contribution in [2.45, 2.75) is 26.4 Å². The molecular weight excluding hydrogens is 290 g/mol. The molecule has 1 unspecified atom stereocenters. The van der Waals surface area contributed by atoms with Gasteiger partial charge in [-0.1, -0.05) is 6.07 Å². The van der Waals surface area contributed by atoms with Gasteiger partial charge in [0.05, 0.1) is 5.75 Å². The highest BCUT2D eigenvalue weighted by atomic mass is 32.2. The first-order valence-electron chi connectivity index (χ1n) is 6.81. The Labute approximate surface area is 128 Å². The number of rotatable bonds is 6. The van der Waals surface area contributed by atoms with Crippen LogP contribution in [0.1, 0.15) is 16.7 Å². The molecule has 1 aromatic carbocycles. The lowest BCUT2D eigenvalue weighted by atomic mass is 10.0. The number of carbonyl (C=O) groups excluding carboxylic acids is 1. The molecule has 1 amide bonds. The number of fused-ring (bicyclic) bond motifs is 1. The highest BCUT2D eigenvalue weighted by Crippen LogP contribution is 2.31. The normalized spacial score (nSPS) is 16.2. The van der Waals surface area contributed by atoms with Crippen LogP contribution < -0.4 is 10.1 Å². The Balaban J connectivity index is 1.79. The van der Waals surface area contributed by atoms with Crippen LogP contribution in [0.3, 0.4) is 0 Å². The molecule has 0 radical (unpaired) electrons. The molecule has 21 heavy (non-hydrogen) atoms. The minimum atomic E-state index is -0.841. The van der Waals surface area contributed by atoms with E-state index in [2.05, 4.69) is 11.4 Å². The summed E-state index contributed by atoms with van der Waals surface area (Å²) in [7, 11) is 0. The summed E-state index contributed by atoms with van der Waals surface area (Å²) in [5.74, 6) is 0.443. The predicted octanol–water partition coefficient (Wildman–Crippen LogP) is 1.54. The van der Waals surface area contributed by atoms with Gasteiger partial charge in [-0.3, -0.25) is 9.59 Å². The highest BCUT2D eigenvalue weighted by molar-refractivity contribution is 7.99. The Kier molecular flexibility index (Phi) is 5.12. The molecule has 1 aromatic rings. The first-order valence-corrected chi connectivity index (χ1v) is 7.97. The zero-order valence-corrected chi connectivity index (χ0v) is 13.0. The van der Waals surface area contributed by atoms with Crippen molar-refractivity contribution in [3.8, 4) is 5.75 Å². The van der Waals surface area contributed by atoms with Gasteiger partial charge in [-0.2, -0.15) is 0 Å². The van der Waals surface area contributed by atoms with Gasteiger partial charge in [0.25, 0.3) is 5.91 Å². The number of thioether (sulfide) groups is 1. The average Bonchev–Trinajstić information content (AvgIpc) is 2.81. The monoisotopic (exact) mass is 309 g/mol. The lowest BCUT2D eigenvalue weighted by Gasteiger charge is -2.11. The number of hydrogen-bond donors (Lipinski definition) is 2. The third-order valence-electron chi connectivity index (χ3n) is 3.41. The smallest absolute Gasteiger partial charge is 0.313 e. The molecule has 6 heteroatoms. The van der Waals surface area contributed by atoms with Crippen molar-refractivity contribution in [3.05, 3.63) is 28.8 Å². The summed E-state index contributed by atoms with van der Waals surface area (Å²) in [5.41, 5.74) is 3.42. The van der Waals surface area contributed by atoms with E-state index in [4.69, 9.17) is 9.84 Å². The fourth-order valence-corrected chi connectivity index (χ4v) is 2.74. The van der Waals surface area contributed by atoms with Crippen molar-refractivity contribution < 1.29 is 19.4 Å². The van der Waals surface area contributed by atoms with Crippen LogP contribution in [0.4, 0.5) is 0 Å². The number of hydrogen-bond acceptors (Lipinski definition) is 4. The molecule has 5 nitrogen and oxygen atoms in total. The van der Waals surface area contributed by atoms with Crippen LogP contribution in [0, 0.1) is 13.8 Å². The summed E-state index contributed by atoms with van der Waals surface area (Å²) >= 11 is 1.28. The molecule has 1 heterocycles. The summed E-state index contributed by atoms with van der Waals surface area (Å²) in [6.07, 6.45) is 0.107. The summed E-state index contributed by atoms with van der Waals surface area (Å²) in [4.78, 5) is 22.4. The molecule has 0 fully saturated rings. The van der Waals surface area contributed by atoms with Crippen molar-refractivity contribution in [2.24, 2.45) is 0 Å². The van der Waals surface area contributed by atoms with Gasteiger partial charge in [-0.25, -0.2) is 0 Å². The molecule has 0 spiro atoms. The van der Waals surface area contributed by atoms with Crippen molar-refractivity contribution >= 4 is 23.6 Å². The third kappa shape index (κ3) is 4.14. The molecule has 114 valence electrons.